The van der Waals surface area contributed by atoms with Crippen LogP contribution in [-0.4, -0.2) is 30.0 Å². The molecular formula is C14H12F3NO3. The van der Waals surface area contributed by atoms with Gasteiger partial charge < -0.3 is 9.72 Å². The van der Waals surface area contributed by atoms with E-state index < -0.39 is 23.8 Å². The molecule has 0 fully saturated rings. The predicted octanol–water partition coefficient (Wildman–Crippen LogP) is 2.63. The van der Waals surface area contributed by atoms with Gasteiger partial charge in [0.15, 0.2) is 0 Å². The van der Waals surface area contributed by atoms with Gasteiger partial charge in [0.05, 0.1) is 7.11 Å². The number of benzene rings is 1. The SMILES string of the molecule is COC(=O)[C@H](Cc1c[nH]c2ccccc12)C(=O)C(F)(F)F. The highest BCUT2D eigenvalue weighted by Crippen LogP contribution is 2.27. The second-order valence-corrected chi connectivity index (χ2v) is 4.50. The van der Waals surface area contributed by atoms with Gasteiger partial charge in [0.25, 0.3) is 5.78 Å². The highest BCUT2D eigenvalue weighted by molar-refractivity contribution is 6.02. The minimum Gasteiger partial charge on any atom is -0.468 e. The number of Topliss-reactive ketones (excluding diaryl/α,β-unsaturated/α-hetero) is 1. The molecule has 0 bridgehead atoms. The number of fused-ring (bicyclic) bond motifs is 1. The molecule has 21 heavy (non-hydrogen) atoms. The van der Waals surface area contributed by atoms with Crippen molar-refractivity contribution in [3.8, 4) is 0 Å². The van der Waals surface area contributed by atoms with E-state index in [1.165, 1.54) is 6.20 Å². The zero-order valence-electron chi connectivity index (χ0n) is 11.0. The molecule has 0 aliphatic carbocycles. The Morgan fingerprint density at radius 3 is 2.57 bits per heavy atom. The van der Waals surface area contributed by atoms with E-state index in [-0.39, 0.29) is 6.42 Å². The first-order valence-electron chi connectivity index (χ1n) is 6.08. The van der Waals surface area contributed by atoms with Gasteiger partial charge in [0, 0.05) is 17.1 Å². The highest BCUT2D eigenvalue weighted by atomic mass is 19.4. The van der Waals surface area contributed by atoms with Crippen LogP contribution in [-0.2, 0) is 20.7 Å². The van der Waals surface area contributed by atoms with Crippen molar-refractivity contribution in [1.29, 1.82) is 0 Å². The molecule has 1 N–H and O–H groups in total. The Labute approximate surface area is 117 Å². The summed E-state index contributed by atoms with van der Waals surface area (Å²) in [5.41, 5.74) is 1.18. The molecule has 7 heteroatoms. The maximum absolute atomic E-state index is 12.6. The third-order valence-electron chi connectivity index (χ3n) is 3.18. The van der Waals surface area contributed by atoms with Gasteiger partial charge in [-0.3, -0.25) is 9.59 Å². The lowest BCUT2D eigenvalue weighted by molar-refractivity contribution is -0.180. The standard InChI is InChI=1S/C14H12F3NO3/c1-21-13(20)10(12(19)14(15,16)17)6-8-7-18-11-5-3-2-4-9(8)11/h2-5,7,10,18H,6H2,1H3/t10-/m1/s1. The van der Waals surface area contributed by atoms with Crippen LogP contribution in [0.5, 0.6) is 0 Å². The summed E-state index contributed by atoms with van der Waals surface area (Å²) in [6, 6.07) is 6.94. The minimum atomic E-state index is -5.08. The van der Waals surface area contributed by atoms with E-state index in [0.717, 1.165) is 12.6 Å². The third kappa shape index (κ3) is 3.07. The number of aromatic amines is 1. The molecule has 0 aliphatic heterocycles. The topological polar surface area (TPSA) is 59.2 Å². The summed E-state index contributed by atoms with van der Waals surface area (Å²) in [7, 11) is 0.953. The number of nitrogens with one attached hydrogen (secondary N) is 1. The Bertz CT molecular complexity index is 675. The third-order valence-corrected chi connectivity index (χ3v) is 3.18. The van der Waals surface area contributed by atoms with Crippen molar-refractivity contribution in [2.75, 3.05) is 7.11 Å². The molecule has 0 saturated carbocycles. The molecule has 0 aliphatic rings. The Balaban J connectivity index is 2.35. The molecule has 1 aromatic carbocycles. The maximum atomic E-state index is 12.6. The van der Waals surface area contributed by atoms with Crippen LogP contribution >= 0.6 is 0 Å². The largest absolute Gasteiger partial charge is 0.468 e. The van der Waals surface area contributed by atoms with Crippen molar-refractivity contribution in [3.05, 3.63) is 36.0 Å². The fourth-order valence-corrected chi connectivity index (χ4v) is 2.14. The number of esters is 1. The zero-order chi connectivity index (χ0) is 15.6. The summed E-state index contributed by atoms with van der Waals surface area (Å²) in [5, 5.41) is 0.668. The first-order chi connectivity index (χ1) is 9.84. The van der Waals surface area contributed by atoms with E-state index in [4.69, 9.17) is 0 Å². The fourth-order valence-electron chi connectivity index (χ4n) is 2.14. The van der Waals surface area contributed by atoms with Crippen LogP contribution in [0, 0.1) is 5.92 Å². The van der Waals surface area contributed by atoms with E-state index >= 15 is 0 Å². The molecule has 1 atom stereocenters. The Hall–Kier alpha value is -2.31. The van der Waals surface area contributed by atoms with E-state index in [2.05, 4.69) is 9.72 Å². The van der Waals surface area contributed by atoms with Crippen LogP contribution in [0.1, 0.15) is 5.56 Å². The summed E-state index contributed by atoms with van der Waals surface area (Å²) in [5.74, 6) is -5.18. The number of halogens is 3. The van der Waals surface area contributed by atoms with Crippen LogP contribution in [0.2, 0.25) is 0 Å². The smallest absolute Gasteiger partial charge is 0.450 e. The van der Waals surface area contributed by atoms with Gasteiger partial charge in [-0.25, -0.2) is 0 Å². The molecule has 2 aromatic rings. The lowest BCUT2D eigenvalue weighted by Gasteiger charge is -2.14. The lowest BCUT2D eigenvalue weighted by atomic mass is 9.94. The molecule has 4 nitrogen and oxygen atoms in total. The highest BCUT2D eigenvalue weighted by Gasteiger charge is 2.46. The Morgan fingerprint density at radius 2 is 1.95 bits per heavy atom. The molecule has 1 aromatic heterocycles. The minimum absolute atomic E-state index is 0.366. The summed E-state index contributed by atoms with van der Waals surface area (Å²) >= 11 is 0. The van der Waals surface area contributed by atoms with Gasteiger partial charge in [-0.2, -0.15) is 13.2 Å². The zero-order valence-corrected chi connectivity index (χ0v) is 11.0. The number of methoxy groups -OCH3 is 1. The van der Waals surface area contributed by atoms with Crippen LogP contribution in [0.15, 0.2) is 30.5 Å². The molecule has 0 saturated heterocycles. The van der Waals surface area contributed by atoms with Crippen molar-refractivity contribution >= 4 is 22.7 Å². The average molecular weight is 299 g/mol. The molecule has 0 unspecified atom stereocenters. The Morgan fingerprint density at radius 1 is 1.29 bits per heavy atom. The molecule has 112 valence electrons. The van der Waals surface area contributed by atoms with Gasteiger partial charge in [0.2, 0.25) is 0 Å². The lowest BCUT2D eigenvalue weighted by Crippen LogP contribution is -2.37. The van der Waals surface area contributed by atoms with Crippen molar-refractivity contribution in [2.24, 2.45) is 5.92 Å². The van der Waals surface area contributed by atoms with Crippen molar-refractivity contribution in [2.45, 2.75) is 12.6 Å². The fraction of sp³-hybridized carbons (Fsp3) is 0.286. The molecule has 0 spiro atoms. The van der Waals surface area contributed by atoms with Gasteiger partial charge in [-0.1, -0.05) is 18.2 Å². The van der Waals surface area contributed by atoms with Gasteiger partial charge in [0.1, 0.15) is 5.92 Å². The number of carbonyl (C=O) groups is 2. The summed E-state index contributed by atoms with van der Waals surface area (Å²) in [6.07, 6.45) is -3.95. The molecule has 0 amide bonds. The van der Waals surface area contributed by atoms with Crippen LogP contribution < -0.4 is 0 Å². The van der Waals surface area contributed by atoms with E-state index in [1.807, 2.05) is 0 Å². The maximum Gasteiger partial charge on any atom is 0.450 e. The number of ether oxygens (including phenoxy) is 1. The quantitative estimate of drug-likeness (QED) is 0.697. The number of aromatic nitrogens is 1. The first-order valence-corrected chi connectivity index (χ1v) is 6.08. The molecule has 2 rings (SSSR count). The molecule has 0 radical (unpaired) electrons. The average Bonchev–Trinajstić information content (AvgIpc) is 2.85. The number of carbonyl (C=O) groups excluding carboxylic acids is 2. The Kier molecular flexibility index (Phi) is 4.02. The molecule has 1 heterocycles. The number of hydrogen-bond acceptors (Lipinski definition) is 3. The number of para-hydroxylation sites is 1. The summed E-state index contributed by atoms with van der Waals surface area (Å²) < 4.78 is 42.0. The summed E-state index contributed by atoms with van der Waals surface area (Å²) in [6.45, 7) is 0. The van der Waals surface area contributed by atoms with Crippen LogP contribution in [0.3, 0.4) is 0 Å². The molecular weight excluding hydrogens is 287 g/mol. The second-order valence-electron chi connectivity index (χ2n) is 4.50. The van der Waals surface area contributed by atoms with Gasteiger partial charge >= 0.3 is 12.1 Å². The van der Waals surface area contributed by atoms with Gasteiger partial charge in [-0.05, 0) is 18.1 Å². The summed E-state index contributed by atoms with van der Waals surface area (Å²) in [4.78, 5) is 25.8. The number of H-pyrrole nitrogens is 1. The number of alkyl halides is 3. The van der Waals surface area contributed by atoms with Crippen molar-refractivity contribution in [1.82, 2.24) is 4.98 Å². The van der Waals surface area contributed by atoms with Gasteiger partial charge in [-0.15, -0.1) is 0 Å². The number of hydrogen-bond donors (Lipinski definition) is 1. The first kappa shape index (κ1) is 15.1. The monoisotopic (exact) mass is 299 g/mol. The van der Waals surface area contributed by atoms with E-state index in [1.54, 1.807) is 24.3 Å². The van der Waals surface area contributed by atoms with E-state index in [9.17, 15) is 22.8 Å². The second kappa shape index (κ2) is 5.59. The normalized spacial score (nSPS) is 13.1. The van der Waals surface area contributed by atoms with Crippen molar-refractivity contribution < 1.29 is 27.5 Å². The predicted molar refractivity (Wildman–Crippen MR) is 68.6 cm³/mol. The number of rotatable bonds is 4. The van der Waals surface area contributed by atoms with Crippen LogP contribution in [0.25, 0.3) is 10.9 Å². The van der Waals surface area contributed by atoms with E-state index in [0.29, 0.717) is 10.9 Å². The van der Waals surface area contributed by atoms with Crippen LogP contribution in [0.4, 0.5) is 13.2 Å². The van der Waals surface area contributed by atoms with Crippen molar-refractivity contribution in [3.63, 3.8) is 0 Å². The number of ketones is 1.